The van der Waals surface area contributed by atoms with Crippen LogP contribution in [0.25, 0.3) is 0 Å². The third-order valence-corrected chi connectivity index (χ3v) is 5.47. The molecule has 0 saturated heterocycles. The molecule has 7 nitrogen and oxygen atoms in total. The van der Waals surface area contributed by atoms with E-state index in [0.29, 0.717) is 11.5 Å². The summed E-state index contributed by atoms with van der Waals surface area (Å²) in [6.07, 6.45) is 0. The topological polar surface area (TPSA) is 82.1 Å². The van der Waals surface area contributed by atoms with E-state index in [9.17, 15) is 14.4 Å². The second-order valence-corrected chi connectivity index (χ2v) is 7.71. The fourth-order valence-electron chi connectivity index (χ4n) is 3.70. The largest absolute Gasteiger partial charge is 0.457 e. The van der Waals surface area contributed by atoms with Gasteiger partial charge in [-0.1, -0.05) is 35.9 Å². The van der Waals surface area contributed by atoms with E-state index >= 15 is 0 Å². The third kappa shape index (κ3) is 3.58. The minimum atomic E-state index is -0.553. The van der Waals surface area contributed by atoms with Crippen molar-refractivity contribution in [2.75, 3.05) is 6.79 Å². The Kier molecular flexibility index (Phi) is 4.86. The lowest BCUT2D eigenvalue weighted by molar-refractivity contribution is 0.0472. The predicted molar refractivity (Wildman–Crippen MR) is 114 cm³/mol. The summed E-state index contributed by atoms with van der Waals surface area (Å²) in [6.45, 7) is 2.35. The molecule has 0 aromatic heterocycles. The summed E-state index contributed by atoms with van der Waals surface area (Å²) in [5.41, 5.74) is 3.41. The van der Waals surface area contributed by atoms with Gasteiger partial charge in [-0.05, 0) is 48.4 Å². The molecule has 160 valence electrons. The first-order chi connectivity index (χ1) is 15.5. The van der Waals surface area contributed by atoms with Gasteiger partial charge in [-0.15, -0.1) is 0 Å². The van der Waals surface area contributed by atoms with Crippen molar-refractivity contribution in [3.05, 3.63) is 94.0 Å². The number of fused-ring (bicyclic) bond motifs is 2. The molecule has 7 heteroatoms. The van der Waals surface area contributed by atoms with Gasteiger partial charge in [-0.3, -0.25) is 14.5 Å². The van der Waals surface area contributed by atoms with E-state index in [0.717, 1.165) is 21.6 Å². The minimum absolute atomic E-state index is 0.0934. The maximum atomic E-state index is 12.9. The van der Waals surface area contributed by atoms with Crippen molar-refractivity contribution in [3.63, 3.8) is 0 Å². The Hall–Kier alpha value is -4.13. The zero-order valence-corrected chi connectivity index (χ0v) is 17.3. The van der Waals surface area contributed by atoms with Gasteiger partial charge >= 0.3 is 5.97 Å². The van der Waals surface area contributed by atoms with Crippen LogP contribution in [0.4, 0.5) is 0 Å². The molecule has 0 unspecified atom stereocenters. The number of benzene rings is 3. The normalized spacial score (nSPS) is 14.0. The first-order valence-corrected chi connectivity index (χ1v) is 10.1. The Morgan fingerprint density at radius 3 is 2.41 bits per heavy atom. The van der Waals surface area contributed by atoms with Crippen molar-refractivity contribution in [1.82, 2.24) is 4.90 Å². The number of amides is 2. The summed E-state index contributed by atoms with van der Waals surface area (Å²) in [5, 5.41) is 0. The number of hydrogen-bond acceptors (Lipinski definition) is 6. The first-order valence-electron chi connectivity index (χ1n) is 10.1. The summed E-state index contributed by atoms with van der Waals surface area (Å²) in [6, 6.07) is 17.4. The summed E-state index contributed by atoms with van der Waals surface area (Å²) in [4.78, 5) is 39.4. The molecular formula is C25H19NO6. The molecule has 2 amide bonds. The average Bonchev–Trinajstić information content (AvgIpc) is 3.36. The van der Waals surface area contributed by atoms with E-state index < -0.39 is 17.8 Å². The zero-order valence-electron chi connectivity index (χ0n) is 17.3. The summed E-state index contributed by atoms with van der Waals surface area (Å²) in [7, 11) is 0. The van der Waals surface area contributed by atoms with Crippen LogP contribution in [0.3, 0.4) is 0 Å². The van der Waals surface area contributed by atoms with Crippen LogP contribution in [0.15, 0.2) is 60.7 Å². The fourth-order valence-corrected chi connectivity index (χ4v) is 3.70. The Balaban J connectivity index is 1.31. The van der Waals surface area contributed by atoms with Crippen LogP contribution in [0.5, 0.6) is 11.5 Å². The Bertz CT molecular complexity index is 1250. The highest BCUT2D eigenvalue weighted by Gasteiger charge is 2.36. The average molecular weight is 429 g/mol. The van der Waals surface area contributed by atoms with Gasteiger partial charge in [-0.25, -0.2) is 4.79 Å². The molecule has 3 aromatic rings. The number of imide groups is 1. The summed E-state index contributed by atoms with van der Waals surface area (Å²) < 4.78 is 16.0. The Morgan fingerprint density at radius 1 is 0.875 bits per heavy atom. The smallest absolute Gasteiger partial charge is 0.338 e. The van der Waals surface area contributed by atoms with Gasteiger partial charge in [0.15, 0.2) is 11.5 Å². The van der Waals surface area contributed by atoms with Gasteiger partial charge in [0.2, 0.25) is 6.79 Å². The molecule has 32 heavy (non-hydrogen) atoms. The molecule has 0 atom stereocenters. The van der Waals surface area contributed by atoms with E-state index in [4.69, 9.17) is 14.2 Å². The van der Waals surface area contributed by atoms with Crippen LogP contribution in [-0.2, 0) is 17.9 Å². The molecule has 0 saturated carbocycles. The van der Waals surface area contributed by atoms with Crippen LogP contribution in [-0.4, -0.2) is 29.5 Å². The van der Waals surface area contributed by atoms with Crippen LogP contribution < -0.4 is 9.47 Å². The monoisotopic (exact) mass is 429 g/mol. The molecule has 0 N–H and O–H groups in total. The van der Waals surface area contributed by atoms with E-state index in [1.165, 1.54) is 18.2 Å². The number of aryl methyl sites for hydroxylation is 1. The lowest BCUT2D eigenvalue weighted by Gasteiger charge is -2.14. The SMILES string of the molecule is Cc1ccc(COC(=O)c2ccc3c(c2)C(=O)N(Cc2ccc4c(c2)OCO4)C3=O)cc1. The van der Waals surface area contributed by atoms with Crippen molar-refractivity contribution in [2.45, 2.75) is 20.1 Å². The van der Waals surface area contributed by atoms with E-state index in [-0.39, 0.29) is 36.6 Å². The molecule has 3 aromatic carbocycles. The Morgan fingerprint density at radius 2 is 1.59 bits per heavy atom. The van der Waals surface area contributed by atoms with Crippen molar-refractivity contribution in [3.8, 4) is 11.5 Å². The first kappa shape index (κ1) is 19.8. The fraction of sp³-hybridized carbons (Fsp3) is 0.160. The number of carbonyl (C=O) groups is 3. The van der Waals surface area contributed by atoms with Crippen LogP contribution in [0.2, 0.25) is 0 Å². The highest BCUT2D eigenvalue weighted by atomic mass is 16.7. The Labute approximate surface area is 184 Å². The third-order valence-electron chi connectivity index (χ3n) is 5.47. The van der Waals surface area contributed by atoms with Gasteiger partial charge in [0.1, 0.15) is 6.61 Å². The predicted octanol–water partition coefficient (Wildman–Crippen LogP) is 3.88. The van der Waals surface area contributed by atoms with E-state index in [1.807, 2.05) is 31.2 Å². The molecule has 0 spiro atoms. The number of rotatable bonds is 5. The van der Waals surface area contributed by atoms with Crippen molar-refractivity contribution < 1.29 is 28.6 Å². The highest BCUT2D eigenvalue weighted by Crippen LogP contribution is 2.34. The maximum absolute atomic E-state index is 12.9. The second kappa shape index (κ2) is 7.85. The second-order valence-electron chi connectivity index (χ2n) is 7.71. The molecule has 0 bridgehead atoms. The van der Waals surface area contributed by atoms with Crippen LogP contribution in [0.1, 0.15) is 47.8 Å². The van der Waals surface area contributed by atoms with Gasteiger partial charge in [0, 0.05) is 0 Å². The molecule has 2 aliphatic rings. The molecule has 5 rings (SSSR count). The van der Waals surface area contributed by atoms with Crippen LogP contribution in [0, 0.1) is 6.92 Å². The maximum Gasteiger partial charge on any atom is 0.338 e. The lowest BCUT2D eigenvalue weighted by atomic mass is 10.1. The molecule has 0 fully saturated rings. The zero-order chi connectivity index (χ0) is 22.2. The lowest BCUT2D eigenvalue weighted by Crippen LogP contribution is -2.29. The standard InChI is InChI=1S/C25H19NO6/c1-15-2-4-16(5-3-15)13-30-25(29)18-7-8-19-20(11-18)24(28)26(23(19)27)12-17-6-9-21-22(10-17)32-14-31-21/h2-11H,12-14H2,1H3. The number of esters is 1. The number of carbonyl (C=O) groups excluding carboxylic acids is 3. The minimum Gasteiger partial charge on any atom is -0.457 e. The highest BCUT2D eigenvalue weighted by molar-refractivity contribution is 6.21. The number of hydrogen-bond donors (Lipinski definition) is 0. The molecular weight excluding hydrogens is 410 g/mol. The molecule has 0 aliphatic carbocycles. The number of ether oxygens (including phenoxy) is 3. The number of nitrogens with zero attached hydrogens (tertiary/aromatic N) is 1. The van der Waals surface area contributed by atoms with Crippen molar-refractivity contribution >= 4 is 17.8 Å². The summed E-state index contributed by atoms with van der Waals surface area (Å²) in [5.74, 6) is -0.191. The summed E-state index contributed by atoms with van der Waals surface area (Å²) >= 11 is 0. The molecule has 2 heterocycles. The van der Waals surface area contributed by atoms with Crippen molar-refractivity contribution in [2.24, 2.45) is 0 Å². The quantitative estimate of drug-likeness (QED) is 0.452. The van der Waals surface area contributed by atoms with Gasteiger partial charge in [0.25, 0.3) is 11.8 Å². The molecule has 0 radical (unpaired) electrons. The molecule has 2 aliphatic heterocycles. The van der Waals surface area contributed by atoms with Gasteiger partial charge in [-0.2, -0.15) is 0 Å². The van der Waals surface area contributed by atoms with E-state index in [1.54, 1.807) is 18.2 Å². The van der Waals surface area contributed by atoms with Crippen LogP contribution >= 0.6 is 0 Å². The van der Waals surface area contributed by atoms with Gasteiger partial charge in [0.05, 0.1) is 23.2 Å². The van der Waals surface area contributed by atoms with E-state index in [2.05, 4.69) is 0 Å². The van der Waals surface area contributed by atoms with Crippen molar-refractivity contribution in [1.29, 1.82) is 0 Å². The van der Waals surface area contributed by atoms with Gasteiger partial charge < -0.3 is 14.2 Å².